The molecule has 0 radical (unpaired) electrons. The molecule has 1 aromatic rings. The Balaban J connectivity index is 1.78. The van der Waals surface area contributed by atoms with Crippen LogP contribution in [0.2, 0.25) is 0 Å². The van der Waals surface area contributed by atoms with Gasteiger partial charge in [0.25, 0.3) is 0 Å². The summed E-state index contributed by atoms with van der Waals surface area (Å²) in [5.41, 5.74) is 6.37. The summed E-state index contributed by atoms with van der Waals surface area (Å²) in [6.07, 6.45) is 0. The molecule has 0 aromatic heterocycles. The van der Waals surface area contributed by atoms with Crippen molar-refractivity contribution in [1.29, 1.82) is 0 Å². The van der Waals surface area contributed by atoms with Crippen LogP contribution in [0.4, 0.5) is 0 Å². The van der Waals surface area contributed by atoms with Crippen LogP contribution in [0.25, 0.3) is 0 Å². The number of benzene rings is 1. The average molecular weight is 296 g/mol. The number of hydrogen-bond donors (Lipinski definition) is 2. The summed E-state index contributed by atoms with van der Waals surface area (Å²) in [7, 11) is 0. The SMILES string of the molecule is NC(=S)c1ccc(OCCN2CCOCC2CO)cc1. The third kappa shape index (κ3) is 4.14. The van der Waals surface area contributed by atoms with Gasteiger partial charge in [0.2, 0.25) is 0 Å². The fraction of sp³-hybridized carbons (Fsp3) is 0.500. The zero-order valence-electron chi connectivity index (χ0n) is 11.3. The van der Waals surface area contributed by atoms with E-state index in [1.165, 1.54) is 0 Å². The normalized spacial score (nSPS) is 19.8. The van der Waals surface area contributed by atoms with E-state index in [2.05, 4.69) is 4.90 Å². The predicted octanol–water partition coefficient (Wildman–Crippen LogP) is 0.393. The van der Waals surface area contributed by atoms with Crippen molar-refractivity contribution in [2.75, 3.05) is 39.5 Å². The zero-order valence-corrected chi connectivity index (χ0v) is 12.1. The molecule has 1 saturated heterocycles. The molecule has 2 rings (SSSR count). The fourth-order valence-corrected chi connectivity index (χ4v) is 2.28. The molecule has 5 nitrogen and oxygen atoms in total. The van der Waals surface area contributed by atoms with Gasteiger partial charge in [-0.15, -0.1) is 0 Å². The van der Waals surface area contributed by atoms with Gasteiger partial charge in [0, 0.05) is 18.7 Å². The standard InChI is InChI=1S/C14H20N2O3S/c15-14(20)11-1-3-13(4-2-11)19-8-6-16-5-7-18-10-12(16)9-17/h1-4,12,17H,5-10H2,(H2,15,20). The highest BCUT2D eigenvalue weighted by atomic mass is 32.1. The molecule has 0 amide bonds. The van der Waals surface area contributed by atoms with Crippen LogP contribution < -0.4 is 10.5 Å². The molecule has 1 aliphatic rings. The number of nitrogens with two attached hydrogens (primary N) is 1. The third-order valence-electron chi connectivity index (χ3n) is 3.35. The number of nitrogens with zero attached hydrogens (tertiary/aromatic N) is 1. The monoisotopic (exact) mass is 296 g/mol. The Morgan fingerprint density at radius 3 is 2.85 bits per heavy atom. The Kier molecular flexibility index (Phi) is 5.72. The van der Waals surface area contributed by atoms with E-state index >= 15 is 0 Å². The average Bonchev–Trinajstić information content (AvgIpc) is 2.48. The van der Waals surface area contributed by atoms with Gasteiger partial charge in [-0.25, -0.2) is 0 Å². The van der Waals surface area contributed by atoms with Gasteiger partial charge >= 0.3 is 0 Å². The summed E-state index contributed by atoms with van der Waals surface area (Å²) in [6.45, 7) is 3.57. The number of thiocarbonyl (C=S) groups is 1. The van der Waals surface area contributed by atoms with Gasteiger partial charge in [-0.2, -0.15) is 0 Å². The van der Waals surface area contributed by atoms with E-state index in [1.807, 2.05) is 24.3 Å². The van der Waals surface area contributed by atoms with E-state index in [1.54, 1.807) is 0 Å². The maximum Gasteiger partial charge on any atom is 0.119 e. The van der Waals surface area contributed by atoms with Crippen LogP contribution in [0.3, 0.4) is 0 Å². The highest BCUT2D eigenvalue weighted by Gasteiger charge is 2.21. The van der Waals surface area contributed by atoms with Gasteiger partial charge in [0.05, 0.1) is 25.9 Å². The molecule has 1 aromatic carbocycles. The van der Waals surface area contributed by atoms with Crippen molar-refractivity contribution in [3.8, 4) is 5.75 Å². The zero-order chi connectivity index (χ0) is 14.4. The van der Waals surface area contributed by atoms with Crippen molar-refractivity contribution < 1.29 is 14.6 Å². The molecule has 0 bridgehead atoms. The number of aliphatic hydroxyl groups is 1. The smallest absolute Gasteiger partial charge is 0.119 e. The Morgan fingerprint density at radius 2 is 2.20 bits per heavy atom. The Morgan fingerprint density at radius 1 is 1.45 bits per heavy atom. The van der Waals surface area contributed by atoms with Crippen molar-refractivity contribution in [2.24, 2.45) is 5.73 Å². The molecule has 110 valence electrons. The summed E-state index contributed by atoms with van der Waals surface area (Å²) < 4.78 is 11.0. The largest absolute Gasteiger partial charge is 0.492 e. The molecule has 1 atom stereocenters. The second-order valence-electron chi connectivity index (χ2n) is 4.68. The van der Waals surface area contributed by atoms with Gasteiger partial charge < -0.3 is 20.3 Å². The van der Waals surface area contributed by atoms with Crippen molar-refractivity contribution in [1.82, 2.24) is 4.90 Å². The number of aliphatic hydroxyl groups excluding tert-OH is 1. The number of hydrogen-bond acceptors (Lipinski definition) is 5. The molecular weight excluding hydrogens is 276 g/mol. The van der Waals surface area contributed by atoms with E-state index in [0.717, 1.165) is 24.4 Å². The minimum absolute atomic E-state index is 0.0735. The van der Waals surface area contributed by atoms with Crippen LogP contribution in [0.1, 0.15) is 5.56 Å². The minimum Gasteiger partial charge on any atom is -0.492 e. The van der Waals surface area contributed by atoms with Gasteiger partial charge in [-0.1, -0.05) is 12.2 Å². The van der Waals surface area contributed by atoms with Crippen LogP contribution in [0.5, 0.6) is 5.75 Å². The Hall–Kier alpha value is -1.21. The first kappa shape index (κ1) is 15.2. The summed E-state index contributed by atoms with van der Waals surface area (Å²) in [5.74, 6) is 0.791. The minimum atomic E-state index is 0.0735. The first-order valence-electron chi connectivity index (χ1n) is 6.66. The van der Waals surface area contributed by atoms with Crippen LogP contribution >= 0.6 is 12.2 Å². The molecule has 6 heteroatoms. The molecule has 0 aliphatic carbocycles. The first-order chi connectivity index (χ1) is 9.70. The summed E-state index contributed by atoms with van der Waals surface area (Å²) in [6, 6.07) is 7.49. The second-order valence-corrected chi connectivity index (χ2v) is 5.12. The molecule has 1 unspecified atom stereocenters. The van der Waals surface area contributed by atoms with E-state index in [0.29, 0.717) is 24.8 Å². The molecule has 1 fully saturated rings. The Bertz CT molecular complexity index is 439. The highest BCUT2D eigenvalue weighted by molar-refractivity contribution is 7.80. The van der Waals surface area contributed by atoms with Crippen LogP contribution in [-0.2, 0) is 4.74 Å². The van der Waals surface area contributed by atoms with E-state index in [4.69, 9.17) is 27.4 Å². The molecule has 20 heavy (non-hydrogen) atoms. The van der Waals surface area contributed by atoms with Crippen LogP contribution in [0.15, 0.2) is 24.3 Å². The van der Waals surface area contributed by atoms with Crippen molar-refractivity contribution in [2.45, 2.75) is 6.04 Å². The summed E-state index contributed by atoms with van der Waals surface area (Å²) >= 11 is 4.90. The van der Waals surface area contributed by atoms with Gasteiger partial charge in [-0.3, -0.25) is 4.90 Å². The summed E-state index contributed by atoms with van der Waals surface area (Å²) in [5, 5.41) is 9.27. The van der Waals surface area contributed by atoms with Gasteiger partial charge in [-0.05, 0) is 24.3 Å². The quantitative estimate of drug-likeness (QED) is 0.740. The third-order valence-corrected chi connectivity index (χ3v) is 3.58. The lowest BCUT2D eigenvalue weighted by molar-refractivity contribution is -0.0312. The van der Waals surface area contributed by atoms with Crippen molar-refractivity contribution in [3.05, 3.63) is 29.8 Å². The van der Waals surface area contributed by atoms with E-state index in [9.17, 15) is 5.11 Å². The second kappa shape index (κ2) is 7.54. The maximum absolute atomic E-state index is 9.27. The molecular formula is C14H20N2O3S. The molecule has 0 spiro atoms. The number of ether oxygens (including phenoxy) is 2. The molecule has 3 N–H and O–H groups in total. The number of morpholine rings is 1. The van der Waals surface area contributed by atoms with Crippen molar-refractivity contribution >= 4 is 17.2 Å². The maximum atomic E-state index is 9.27. The highest BCUT2D eigenvalue weighted by Crippen LogP contribution is 2.13. The lowest BCUT2D eigenvalue weighted by Gasteiger charge is -2.34. The number of rotatable bonds is 6. The fourth-order valence-electron chi connectivity index (χ4n) is 2.15. The van der Waals surface area contributed by atoms with E-state index in [-0.39, 0.29) is 12.6 Å². The van der Waals surface area contributed by atoms with Gasteiger partial charge in [0.15, 0.2) is 0 Å². The van der Waals surface area contributed by atoms with Crippen molar-refractivity contribution in [3.63, 3.8) is 0 Å². The molecule has 1 heterocycles. The van der Waals surface area contributed by atoms with E-state index < -0.39 is 0 Å². The van der Waals surface area contributed by atoms with Gasteiger partial charge in [0.1, 0.15) is 17.3 Å². The first-order valence-corrected chi connectivity index (χ1v) is 7.07. The topological polar surface area (TPSA) is 68.0 Å². The predicted molar refractivity (Wildman–Crippen MR) is 81.1 cm³/mol. The van der Waals surface area contributed by atoms with Crippen LogP contribution in [-0.4, -0.2) is 60.6 Å². The molecule has 0 saturated carbocycles. The van der Waals surface area contributed by atoms with Crippen LogP contribution in [0, 0.1) is 0 Å². The Labute approximate surface area is 124 Å². The summed E-state index contributed by atoms with van der Waals surface area (Å²) in [4.78, 5) is 2.57. The lowest BCUT2D eigenvalue weighted by atomic mass is 10.2. The molecule has 1 aliphatic heterocycles. The lowest BCUT2D eigenvalue weighted by Crippen LogP contribution is -2.48.